The molecule has 0 heterocycles. The highest BCUT2D eigenvalue weighted by Gasteiger charge is 2.32. The van der Waals surface area contributed by atoms with Crippen LogP contribution in [0.15, 0.2) is 54.6 Å². The van der Waals surface area contributed by atoms with E-state index in [9.17, 15) is 0 Å². The second-order valence-electron chi connectivity index (χ2n) is 13.1. The van der Waals surface area contributed by atoms with E-state index >= 15 is 0 Å². The number of hydrogen-bond acceptors (Lipinski definition) is 0. The van der Waals surface area contributed by atoms with Gasteiger partial charge in [-0.25, -0.2) is 0 Å². The van der Waals surface area contributed by atoms with E-state index in [1.807, 2.05) is 0 Å². The van der Waals surface area contributed by atoms with Gasteiger partial charge in [-0.1, -0.05) is 134 Å². The van der Waals surface area contributed by atoms with Crippen molar-refractivity contribution in [2.24, 2.45) is 0 Å². The molecule has 0 atom stereocenters. The molecule has 3 aromatic carbocycles. The molecule has 0 N–H and O–H groups in total. The second kappa shape index (κ2) is 9.28. The van der Waals surface area contributed by atoms with Crippen LogP contribution in [0.4, 0.5) is 0 Å². The van der Waals surface area contributed by atoms with Gasteiger partial charge in [0.25, 0.3) is 0 Å². The minimum atomic E-state index is -0.738. The van der Waals surface area contributed by atoms with Crippen molar-refractivity contribution in [3.8, 4) is 0 Å². The van der Waals surface area contributed by atoms with Crippen molar-refractivity contribution in [2.45, 2.75) is 99.3 Å². The van der Waals surface area contributed by atoms with E-state index < -0.39 is 7.92 Å². The molecular formula is C33H45P. The number of hydrogen-bond donors (Lipinski definition) is 0. The van der Waals surface area contributed by atoms with E-state index in [-0.39, 0.29) is 16.2 Å². The summed E-state index contributed by atoms with van der Waals surface area (Å²) >= 11 is 0. The van der Waals surface area contributed by atoms with Gasteiger partial charge in [-0.15, -0.1) is 0 Å². The zero-order valence-electron chi connectivity index (χ0n) is 23.6. The maximum Gasteiger partial charge on any atom is -0.0113 e. The molecule has 182 valence electrons. The second-order valence-corrected chi connectivity index (χ2v) is 15.3. The minimum Gasteiger partial charge on any atom is -0.0586 e. The number of aryl methyl sites for hydroxylation is 3. The Hall–Kier alpha value is -1.91. The van der Waals surface area contributed by atoms with E-state index in [0.29, 0.717) is 0 Å². The molecule has 0 aliphatic rings. The molecule has 0 unspecified atom stereocenters. The van der Waals surface area contributed by atoms with Gasteiger partial charge in [0.1, 0.15) is 0 Å². The van der Waals surface area contributed by atoms with Gasteiger partial charge in [0.05, 0.1) is 0 Å². The van der Waals surface area contributed by atoms with Crippen LogP contribution < -0.4 is 15.9 Å². The summed E-state index contributed by atoms with van der Waals surface area (Å²) in [6, 6.07) is 21.5. The van der Waals surface area contributed by atoms with Gasteiger partial charge in [0.15, 0.2) is 0 Å². The van der Waals surface area contributed by atoms with Crippen LogP contribution in [0.5, 0.6) is 0 Å². The Morgan fingerprint density at radius 3 is 0.853 bits per heavy atom. The molecule has 3 rings (SSSR count). The maximum atomic E-state index is 2.43. The molecule has 0 aliphatic carbocycles. The Labute approximate surface area is 211 Å². The number of rotatable bonds is 3. The maximum absolute atomic E-state index is 2.43. The topological polar surface area (TPSA) is 0 Å². The lowest BCUT2D eigenvalue weighted by molar-refractivity contribution is 0.592. The Morgan fingerprint density at radius 2 is 0.647 bits per heavy atom. The fourth-order valence-electron chi connectivity index (χ4n) is 4.73. The van der Waals surface area contributed by atoms with Gasteiger partial charge in [-0.2, -0.15) is 0 Å². The molecule has 0 amide bonds. The monoisotopic (exact) mass is 472 g/mol. The van der Waals surface area contributed by atoms with Crippen molar-refractivity contribution >= 4 is 23.8 Å². The van der Waals surface area contributed by atoms with Crippen molar-refractivity contribution in [3.05, 3.63) is 88.0 Å². The van der Waals surface area contributed by atoms with Crippen LogP contribution in [0.1, 0.15) is 95.7 Å². The Bertz CT molecular complexity index is 1030. The van der Waals surface area contributed by atoms with Crippen LogP contribution in [-0.4, -0.2) is 0 Å². The molecule has 0 bridgehead atoms. The lowest BCUT2D eigenvalue weighted by Crippen LogP contribution is -2.35. The fraction of sp³-hybridized carbons (Fsp3) is 0.455. The summed E-state index contributed by atoms with van der Waals surface area (Å²) < 4.78 is 0. The van der Waals surface area contributed by atoms with Gasteiger partial charge < -0.3 is 0 Å². The molecule has 0 spiro atoms. The highest BCUT2D eigenvalue weighted by Crippen LogP contribution is 2.43. The Balaban J connectivity index is 2.51. The highest BCUT2D eigenvalue weighted by molar-refractivity contribution is 7.80. The first kappa shape index (κ1) is 26.7. The first-order valence-electron chi connectivity index (χ1n) is 12.6. The van der Waals surface area contributed by atoms with Crippen molar-refractivity contribution in [1.82, 2.24) is 0 Å². The van der Waals surface area contributed by atoms with E-state index in [0.717, 1.165) is 0 Å². The zero-order chi connectivity index (χ0) is 25.6. The fourth-order valence-corrected chi connectivity index (χ4v) is 8.10. The third-order valence-electron chi connectivity index (χ3n) is 6.60. The third kappa shape index (κ3) is 5.66. The van der Waals surface area contributed by atoms with E-state index in [1.54, 1.807) is 0 Å². The molecule has 0 saturated carbocycles. The predicted molar refractivity (Wildman–Crippen MR) is 155 cm³/mol. The molecule has 0 aromatic heterocycles. The van der Waals surface area contributed by atoms with Crippen molar-refractivity contribution in [1.29, 1.82) is 0 Å². The lowest BCUT2D eigenvalue weighted by Gasteiger charge is -2.35. The van der Waals surface area contributed by atoms with Gasteiger partial charge in [-0.05, 0) is 77.5 Å². The van der Waals surface area contributed by atoms with Gasteiger partial charge in [0, 0.05) is 0 Å². The summed E-state index contributed by atoms with van der Waals surface area (Å²) in [6.45, 7) is 27.9. The lowest BCUT2D eigenvalue weighted by atomic mass is 9.86. The molecular weight excluding hydrogens is 427 g/mol. The normalized spacial score (nSPS) is 13.0. The first-order valence-corrected chi connectivity index (χ1v) is 14.0. The summed E-state index contributed by atoms with van der Waals surface area (Å²) in [5, 5.41) is 4.49. The summed E-state index contributed by atoms with van der Waals surface area (Å²) in [4.78, 5) is 0. The zero-order valence-corrected chi connectivity index (χ0v) is 24.5. The molecule has 0 aliphatic heterocycles. The Kier molecular flexibility index (Phi) is 7.28. The van der Waals surface area contributed by atoms with Crippen molar-refractivity contribution < 1.29 is 0 Å². The number of benzene rings is 3. The van der Waals surface area contributed by atoms with Gasteiger partial charge >= 0.3 is 0 Å². The van der Waals surface area contributed by atoms with E-state index in [4.69, 9.17) is 0 Å². The van der Waals surface area contributed by atoms with Gasteiger partial charge in [-0.3, -0.25) is 0 Å². The molecule has 34 heavy (non-hydrogen) atoms. The van der Waals surface area contributed by atoms with Crippen LogP contribution in [0.2, 0.25) is 0 Å². The van der Waals surface area contributed by atoms with Crippen LogP contribution in [-0.2, 0) is 16.2 Å². The summed E-state index contributed by atoms with van der Waals surface area (Å²) in [7, 11) is -0.738. The molecule has 1 heteroatoms. The van der Waals surface area contributed by atoms with Gasteiger partial charge in [0.2, 0.25) is 0 Å². The molecule has 0 fully saturated rings. The molecule has 0 nitrogen and oxygen atoms in total. The highest BCUT2D eigenvalue weighted by atomic mass is 31.1. The largest absolute Gasteiger partial charge is 0.0586 e. The van der Waals surface area contributed by atoms with Crippen LogP contribution >= 0.6 is 7.92 Å². The van der Waals surface area contributed by atoms with Crippen molar-refractivity contribution in [3.63, 3.8) is 0 Å². The van der Waals surface area contributed by atoms with Crippen LogP contribution in [0, 0.1) is 20.8 Å². The average molecular weight is 473 g/mol. The molecule has 3 aromatic rings. The molecule has 0 saturated heterocycles. The van der Waals surface area contributed by atoms with E-state index in [2.05, 4.69) is 138 Å². The summed E-state index contributed by atoms with van der Waals surface area (Å²) in [5.41, 5.74) is 8.64. The first-order chi connectivity index (χ1) is 15.5. The third-order valence-corrected chi connectivity index (χ3v) is 9.22. The Morgan fingerprint density at radius 1 is 0.412 bits per heavy atom. The van der Waals surface area contributed by atoms with Crippen molar-refractivity contribution in [2.75, 3.05) is 0 Å². The summed E-state index contributed by atoms with van der Waals surface area (Å²) in [5.74, 6) is 0. The van der Waals surface area contributed by atoms with E-state index in [1.165, 1.54) is 49.3 Å². The minimum absolute atomic E-state index is 0.0706. The molecule has 0 radical (unpaired) electrons. The van der Waals surface area contributed by atoms with Crippen LogP contribution in [0.25, 0.3) is 0 Å². The average Bonchev–Trinajstić information content (AvgIpc) is 2.68. The standard InChI is InChI=1S/C33H45P/c1-22-13-16-28(25(19-22)31(4,5)6)34(29-17-14-23(2)20-26(29)32(7,8)9)30-18-15-24(3)21-27(30)33(10,11)12/h13-21H,1-12H3. The smallest absolute Gasteiger partial charge is 0.0113 e. The van der Waals surface area contributed by atoms with Crippen LogP contribution in [0.3, 0.4) is 0 Å². The SMILES string of the molecule is Cc1ccc(P(c2ccc(C)cc2C(C)(C)C)c2ccc(C)cc2C(C)(C)C)c(C(C)(C)C)c1. The summed E-state index contributed by atoms with van der Waals surface area (Å²) in [6.07, 6.45) is 0. The quantitative estimate of drug-likeness (QED) is 0.337. The predicted octanol–water partition coefficient (Wildman–Crippen LogP) is 8.26.